The normalized spacial score (nSPS) is 19.0. The van der Waals surface area contributed by atoms with E-state index in [0.717, 1.165) is 18.2 Å². The molecular weight excluding hydrogens is 212 g/mol. The van der Waals surface area contributed by atoms with Gasteiger partial charge in [-0.2, -0.15) is 13.2 Å². The third-order valence-electron chi connectivity index (χ3n) is 2.51. The average molecular weight is 220 g/mol. The van der Waals surface area contributed by atoms with Gasteiger partial charge in [-0.05, 0) is 25.0 Å². The van der Waals surface area contributed by atoms with Crippen molar-refractivity contribution in [1.82, 2.24) is 0 Å². The summed E-state index contributed by atoms with van der Waals surface area (Å²) in [5.41, 5.74) is -3.31. The molecule has 0 atom stereocenters. The highest BCUT2D eigenvalue weighted by molar-refractivity contribution is 5.38. The molecular formula is C10H8F4O. The number of hydrogen-bond acceptors (Lipinski definition) is 1. The van der Waals surface area contributed by atoms with Crippen LogP contribution in [-0.2, 0) is 11.8 Å². The molecule has 2 rings (SSSR count). The fourth-order valence-corrected chi connectivity index (χ4v) is 1.60. The smallest absolute Gasteiger partial charge is 0.385 e. The Balaban J connectivity index is 2.60. The number of alkyl halides is 3. The Bertz CT molecular complexity index is 393. The molecule has 0 bridgehead atoms. The highest BCUT2D eigenvalue weighted by Gasteiger charge is 2.49. The van der Waals surface area contributed by atoms with E-state index < -0.39 is 28.7 Å². The van der Waals surface area contributed by atoms with E-state index in [0.29, 0.717) is 0 Å². The van der Waals surface area contributed by atoms with Crippen LogP contribution in [0.25, 0.3) is 0 Å². The highest BCUT2D eigenvalue weighted by atomic mass is 19.4. The summed E-state index contributed by atoms with van der Waals surface area (Å²) < 4.78 is 50.8. The van der Waals surface area contributed by atoms with E-state index in [1.807, 2.05) is 0 Å². The Hall–Kier alpha value is -1.10. The topological polar surface area (TPSA) is 20.2 Å². The van der Waals surface area contributed by atoms with Gasteiger partial charge in [-0.15, -0.1) is 0 Å². The molecule has 0 heterocycles. The minimum absolute atomic E-state index is 0.178. The van der Waals surface area contributed by atoms with Crippen molar-refractivity contribution in [2.24, 2.45) is 0 Å². The number of aliphatic hydroxyl groups is 1. The Morgan fingerprint density at radius 3 is 2.27 bits per heavy atom. The lowest BCUT2D eigenvalue weighted by atomic mass is 9.99. The van der Waals surface area contributed by atoms with Gasteiger partial charge in [-0.25, -0.2) is 4.39 Å². The van der Waals surface area contributed by atoms with E-state index in [1.54, 1.807) is 0 Å². The molecule has 15 heavy (non-hydrogen) atoms. The fourth-order valence-electron chi connectivity index (χ4n) is 1.60. The molecule has 1 saturated carbocycles. The largest absolute Gasteiger partial charge is 0.416 e. The van der Waals surface area contributed by atoms with Gasteiger partial charge >= 0.3 is 6.18 Å². The molecule has 1 fully saturated rings. The Kier molecular flexibility index (Phi) is 2.05. The van der Waals surface area contributed by atoms with Crippen LogP contribution in [0.15, 0.2) is 18.2 Å². The second kappa shape index (κ2) is 2.95. The molecule has 0 amide bonds. The van der Waals surface area contributed by atoms with Crippen LogP contribution in [0, 0.1) is 5.82 Å². The Morgan fingerprint density at radius 1 is 1.20 bits per heavy atom. The summed E-state index contributed by atoms with van der Waals surface area (Å²) in [6.45, 7) is 0. The van der Waals surface area contributed by atoms with Crippen molar-refractivity contribution in [3.05, 3.63) is 35.1 Å². The van der Waals surface area contributed by atoms with Crippen molar-refractivity contribution in [2.45, 2.75) is 24.6 Å². The molecule has 1 nitrogen and oxygen atoms in total. The monoisotopic (exact) mass is 220 g/mol. The van der Waals surface area contributed by atoms with E-state index in [9.17, 15) is 22.7 Å². The summed E-state index contributed by atoms with van der Waals surface area (Å²) in [5.74, 6) is -0.996. The average Bonchev–Trinajstić information content (AvgIpc) is 2.82. The first-order valence-electron chi connectivity index (χ1n) is 4.43. The van der Waals surface area contributed by atoms with Gasteiger partial charge < -0.3 is 5.11 Å². The lowest BCUT2D eigenvalue weighted by Crippen LogP contribution is -2.17. The molecule has 0 saturated heterocycles. The van der Waals surface area contributed by atoms with Crippen molar-refractivity contribution in [3.63, 3.8) is 0 Å². The zero-order valence-electron chi connectivity index (χ0n) is 7.61. The van der Waals surface area contributed by atoms with Gasteiger partial charge in [0.25, 0.3) is 0 Å². The molecule has 0 aromatic heterocycles. The fraction of sp³-hybridized carbons (Fsp3) is 0.400. The van der Waals surface area contributed by atoms with E-state index in [-0.39, 0.29) is 12.8 Å². The third kappa shape index (κ3) is 1.71. The first kappa shape index (κ1) is 10.4. The van der Waals surface area contributed by atoms with Crippen LogP contribution in [0.2, 0.25) is 0 Å². The summed E-state index contributed by atoms with van der Waals surface area (Å²) in [6, 6.07) is 2.71. The molecule has 5 heteroatoms. The van der Waals surface area contributed by atoms with Crippen molar-refractivity contribution in [1.29, 1.82) is 0 Å². The summed E-state index contributed by atoms with van der Waals surface area (Å²) in [4.78, 5) is 0. The SMILES string of the molecule is OC1(c2c(F)cccc2C(F)(F)F)CC1. The predicted octanol–water partition coefficient (Wildman–Crippen LogP) is 2.83. The zero-order valence-corrected chi connectivity index (χ0v) is 7.61. The van der Waals surface area contributed by atoms with Crippen LogP contribution in [0.1, 0.15) is 24.0 Å². The van der Waals surface area contributed by atoms with Gasteiger partial charge in [-0.3, -0.25) is 0 Å². The van der Waals surface area contributed by atoms with Crippen molar-refractivity contribution in [2.75, 3.05) is 0 Å². The second-order valence-electron chi connectivity index (χ2n) is 3.69. The van der Waals surface area contributed by atoms with Crippen LogP contribution in [0.5, 0.6) is 0 Å². The quantitative estimate of drug-likeness (QED) is 0.721. The molecule has 1 aromatic carbocycles. The Morgan fingerprint density at radius 2 is 1.80 bits per heavy atom. The van der Waals surface area contributed by atoms with Gasteiger partial charge in [0.1, 0.15) is 5.82 Å². The molecule has 1 aromatic rings. The first-order valence-corrected chi connectivity index (χ1v) is 4.43. The molecule has 0 unspecified atom stereocenters. The summed E-state index contributed by atoms with van der Waals surface area (Å²) in [7, 11) is 0. The van der Waals surface area contributed by atoms with Crippen LogP contribution >= 0.6 is 0 Å². The maximum Gasteiger partial charge on any atom is 0.416 e. The summed E-state index contributed by atoms with van der Waals surface area (Å²) >= 11 is 0. The molecule has 0 aliphatic heterocycles. The second-order valence-corrected chi connectivity index (χ2v) is 3.69. The molecule has 1 aliphatic rings. The zero-order chi connectivity index (χ0) is 11.3. The maximum absolute atomic E-state index is 13.3. The highest BCUT2D eigenvalue weighted by Crippen LogP contribution is 2.50. The number of rotatable bonds is 1. The van der Waals surface area contributed by atoms with Gasteiger partial charge in [0, 0.05) is 5.56 Å². The minimum atomic E-state index is -4.63. The third-order valence-corrected chi connectivity index (χ3v) is 2.51. The predicted molar refractivity (Wildman–Crippen MR) is 44.5 cm³/mol. The number of halogens is 4. The van der Waals surface area contributed by atoms with Crippen LogP contribution in [0.4, 0.5) is 17.6 Å². The summed E-state index contributed by atoms with van der Waals surface area (Å²) in [5, 5.41) is 9.59. The van der Waals surface area contributed by atoms with Crippen molar-refractivity contribution >= 4 is 0 Å². The molecule has 1 N–H and O–H groups in total. The molecule has 0 radical (unpaired) electrons. The van der Waals surface area contributed by atoms with Crippen molar-refractivity contribution in [3.8, 4) is 0 Å². The van der Waals surface area contributed by atoms with Crippen LogP contribution < -0.4 is 0 Å². The van der Waals surface area contributed by atoms with Gasteiger partial charge in [0.05, 0.1) is 11.2 Å². The Labute approximate surface area is 83.3 Å². The van der Waals surface area contributed by atoms with Gasteiger partial charge in [-0.1, -0.05) is 6.07 Å². The first-order chi connectivity index (χ1) is 6.84. The van der Waals surface area contributed by atoms with E-state index >= 15 is 0 Å². The van der Waals surface area contributed by atoms with Gasteiger partial charge in [0.15, 0.2) is 0 Å². The lowest BCUT2D eigenvalue weighted by molar-refractivity contribution is -0.139. The van der Waals surface area contributed by atoms with Gasteiger partial charge in [0.2, 0.25) is 0 Å². The van der Waals surface area contributed by atoms with Crippen molar-refractivity contribution < 1.29 is 22.7 Å². The van der Waals surface area contributed by atoms with E-state index in [1.165, 1.54) is 0 Å². The molecule has 1 aliphatic carbocycles. The van der Waals surface area contributed by atoms with E-state index in [2.05, 4.69) is 0 Å². The summed E-state index contributed by atoms with van der Waals surface area (Å²) in [6.07, 6.45) is -4.27. The number of hydrogen-bond donors (Lipinski definition) is 1. The minimum Gasteiger partial charge on any atom is -0.385 e. The van der Waals surface area contributed by atoms with E-state index in [4.69, 9.17) is 0 Å². The number of benzene rings is 1. The standard InChI is InChI=1S/C10H8F4O/c11-7-3-1-2-6(10(12,13)14)8(7)9(15)4-5-9/h1-3,15H,4-5H2. The maximum atomic E-state index is 13.3. The molecule has 82 valence electrons. The molecule has 0 spiro atoms. The lowest BCUT2D eigenvalue weighted by Gasteiger charge is -2.17. The van der Waals surface area contributed by atoms with Crippen LogP contribution in [0.3, 0.4) is 0 Å². The van der Waals surface area contributed by atoms with Crippen LogP contribution in [-0.4, -0.2) is 5.11 Å².